The van der Waals surface area contributed by atoms with Crippen LogP contribution in [0.3, 0.4) is 0 Å². The van der Waals surface area contributed by atoms with Gasteiger partial charge in [0.15, 0.2) is 0 Å². The Morgan fingerprint density at radius 2 is 1.10 bits per heavy atom. The smallest absolute Gasteiger partial charge is 0.0542 e. The van der Waals surface area contributed by atoms with Crippen molar-refractivity contribution < 1.29 is 0 Å². The van der Waals surface area contributed by atoms with Gasteiger partial charge < -0.3 is 9.47 Å². The second kappa shape index (κ2) is 13.4. The lowest BCUT2D eigenvalue weighted by Gasteiger charge is -2.26. The highest BCUT2D eigenvalue weighted by Gasteiger charge is 2.18. The molecule has 0 aliphatic carbocycles. The maximum Gasteiger partial charge on any atom is 0.0542 e. The molecule has 7 aromatic carbocycles. The zero-order chi connectivity index (χ0) is 34.0. The Kier molecular flexibility index (Phi) is 8.36. The molecule has 0 bridgehead atoms. The van der Waals surface area contributed by atoms with Gasteiger partial charge in [-0.25, -0.2) is 0 Å². The normalized spacial score (nSPS) is 11.2. The van der Waals surface area contributed by atoms with Crippen molar-refractivity contribution in [3.8, 4) is 16.8 Å². The number of benzene rings is 7. The number of aryl methyl sites for hydroxylation is 4. The lowest BCUT2D eigenvalue weighted by Crippen LogP contribution is -2.10. The van der Waals surface area contributed by atoms with Gasteiger partial charge in [0.25, 0.3) is 0 Å². The van der Waals surface area contributed by atoms with E-state index in [2.05, 4.69) is 194 Å². The highest BCUT2D eigenvalue weighted by atomic mass is 15.1. The third-order valence-electron chi connectivity index (χ3n) is 9.74. The fourth-order valence-corrected chi connectivity index (χ4v) is 7.19. The SMILES string of the molecule is C=Cc1ccc2c(c1)c1cc(N(c3ccc(-c4ccc(CCc5cccc(C)c5)cc4)cc3)c3cccc(C)c3)ccc1n2-c1ccccc1. The predicted octanol–water partition coefficient (Wildman–Crippen LogP) is 13.0. The second-order valence-electron chi connectivity index (χ2n) is 13.3. The summed E-state index contributed by atoms with van der Waals surface area (Å²) in [6, 6.07) is 59.7. The number of hydrogen-bond acceptors (Lipinski definition) is 1. The monoisotopic (exact) mass is 644 g/mol. The van der Waals surface area contributed by atoms with Crippen molar-refractivity contribution in [1.82, 2.24) is 4.57 Å². The van der Waals surface area contributed by atoms with Crippen molar-refractivity contribution in [1.29, 1.82) is 0 Å². The van der Waals surface area contributed by atoms with Gasteiger partial charge in [0.2, 0.25) is 0 Å². The first kappa shape index (κ1) is 31.2. The van der Waals surface area contributed by atoms with Gasteiger partial charge >= 0.3 is 0 Å². The van der Waals surface area contributed by atoms with Crippen LogP contribution in [-0.4, -0.2) is 4.57 Å². The molecular formula is C48H40N2. The number of hydrogen-bond donors (Lipinski definition) is 0. The molecule has 8 aromatic rings. The lowest BCUT2D eigenvalue weighted by molar-refractivity contribution is 0.958. The van der Waals surface area contributed by atoms with Crippen LogP contribution in [-0.2, 0) is 12.8 Å². The summed E-state index contributed by atoms with van der Waals surface area (Å²) in [5.74, 6) is 0. The van der Waals surface area contributed by atoms with Crippen LogP contribution in [0.25, 0.3) is 44.7 Å². The van der Waals surface area contributed by atoms with E-state index in [1.165, 1.54) is 55.2 Å². The summed E-state index contributed by atoms with van der Waals surface area (Å²) in [6.45, 7) is 8.37. The van der Waals surface area contributed by atoms with E-state index >= 15 is 0 Å². The fraction of sp³-hybridized carbons (Fsp3) is 0.0833. The van der Waals surface area contributed by atoms with Crippen molar-refractivity contribution >= 4 is 44.9 Å². The molecule has 0 saturated carbocycles. The summed E-state index contributed by atoms with van der Waals surface area (Å²) in [5.41, 5.74) is 15.7. The van der Waals surface area contributed by atoms with Crippen LogP contribution in [0, 0.1) is 13.8 Å². The minimum atomic E-state index is 1.04. The second-order valence-corrected chi connectivity index (χ2v) is 13.3. The number of rotatable bonds is 9. The van der Waals surface area contributed by atoms with Crippen LogP contribution in [0.15, 0.2) is 170 Å². The van der Waals surface area contributed by atoms with Gasteiger partial charge in [-0.3, -0.25) is 0 Å². The van der Waals surface area contributed by atoms with E-state index in [1.807, 2.05) is 6.08 Å². The average Bonchev–Trinajstić information content (AvgIpc) is 3.48. The molecule has 0 amide bonds. The van der Waals surface area contributed by atoms with E-state index in [0.29, 0.717) is 0 Å². The third-order valence-corrected chi connectivity index (χ3v) is 9.74. The molecule has 50 heavy (non-hydrogen) atoms. The van der Waals surface area contributed by atoms with Gasteiger partial charge in [0, 0.05) is 33.5 Å². The Hall–Kier alpha value is -6.12. The van der Waals surface area contributed by atoms with Crippen LogP contribution >= 0.6 is 0 Å². The Morgan fingerprint density at radius 3 is 1.80 bits per heavy atom. The van der Waals surface area contributed by atoms with Gasteiger partial charge in [-0.2, -0.15) is 0 Å². The van der Waals surface area contributed by atoms with Crippen LogP contribution in [0.1, 0.15) is 27.8 Å². The summed E-state index contributed by atoms with van der Waals surface area (Å²) >= 11 is 0. The van der Waals surface area contributed by atoms with E-state index in [0.717, 1.165) is 41.2 Å². The fourth-order valence-electron chi connectivity index (χ4n) is 7.19. The molecule has 0 radical (unpaired) electrons. The maximum absolute atomic E-state index is 4.06. The minimum Gasteiger partial charge on any atom is -0.310 e. The topological polar surface area (TPSA) is 8.17 Å². The van der Waals surface area contributed by atoms with Gasteiger partial charge in [-0.15, -0.1) is 0 Å². The first-order valence-electron chi connectivity index (χ1n) is 17.4. The summed E-state index contributed by atoms with van der Waals surface area (Å²) in [7, 11) is 0. The van der Waals surface area contributed by atoms with Crippen LogP contribution in [0.2, 0.25) is 0 Å². The standard InChI is InChI=1S/C48H40N2/c1-4-36-20-28-47-45(32-36)46-33-44(27-29-48(46)50(47)41-13-6-5-7-14-41)49(43-15-9-11-35(3)31-43)42-25-23-40(24-26-42)39-21-18-37(19-22-39)16-17-38-12-8-10-34(2)30-38/h4-15,18-33H,1,16-17H2,2-3H3. The molecule has 0 fully saturated rings. The minimum absolute atomic E-state index is 1.04. The van der Waals surface area contributed by atoms with Gasteiger partial charge in [-0.05, 0) is 127 Å². The van der Waals surface area contributed by atoms with Crippen molar-refractivity contribution in [2.45, 2.75) is 26.7 Å². The number of nitrogens with zero attached hydrogens (tertiary/aromatic N) is 2. The van der Waals surface area contributed by atoms with E-state index in [1.54, 1.807) is 0 Å². The zero-order valence-electron chi connectivity index (χ0n) is 28.7. The molecular weight excluding hydrogens is 605 g/mol. The van der Waals surface area contributed by atoms with Gasteiger partial charge in [0.1, 0.15) is 0 Å². The Bertz CT molecular complexity index is 2450. The molecule has 1 aromatic heterocycles. The molecule has 0 atom stereocenters. The third kappa shape index (κ3) is 6.13. The molecule has 0 unspecified atom stereocenters. The molecule has 0 N–H and O–H groups in total. The maximum atomic E-state index is 4.06. The van der Waals surface area contributed by atoms with Crippen molar-refractivity contribution in [2.24, 2.45) is 0 Å². The number of fused-ring (bicyclic) bond motifs is 3. The first-order chi connectivity index (χ1) is 24.5. The zero-order valence-corrected chi connectivity index (χ0v) is 28.7. The lowest BCUT2D eigenvalue weighted by atomic mass is 9.99. The largest absolute Gasteiger partial charge is 0.310 e. The molecule has 0 aliphatic rings. The molecule has 8 rings (SSSR count). The van der Waals surface area contributed by atoms with Crippen molar-refractivity contribution in [3.05, 3.63) is 198 Å². The first-order valence-corrected chi connectivity index (χ1v) is 17.4. The van der Waals surface area contributed by atoms with E-state index in [4.69, 9.17) is 0 Å². The van der Waals surface area contributed by atoms with E-state index in [-0.39, 0.29) is 0 Å². The molecule has 0 saturated heterocycles. The molecule has 2 heteroatoms. The Balaban J connectivity index is 1.16. The Labute approximate surface area is 295 Å². The van der Waals surface area contributed by atoms with E-state index < -0.39 is 0 Å². The highest BCUT2D eigenvalue weighted by molar-refractivity contribution is 6.11. The van der Waals surface area contributed by atoms with Gasteiger partial charge in [0.05, 0.1) is 11.0 Å². The predicted molar refractivity (Wildman–Crippen MR) is 214 cm³/mol. The number of aromatic nitrogens is 1. The summed E-state index contributed by atoms with van der Waals surface area (Å²) in [5, 5.41) is 2.42. The molecule has 0 aliphatic heterocycles. The molecule has 2 nitrogen and oxygen atoms in total. The highest BCUT2D eigenvalue weighted by Crippen LogP contribution is 2.40. The van der Waals surface area contributed by atoms with Crippen LogP contribution in [0.4, 0.5) is 17.1 Å². The van der Waals surface area contributed by atoms with Gasteiger partial charge in [-0.1, -0.05) is 115 Å². The average molecular weight is 645 g/mol. The van der Waals surface area contributed by atoms with Crippen molar-refractivity contribution in [2.75, 3.05) is 4.90 Å². The molecule has 242 valence electrons. The van der Waals surface area contributed by atoms with Crippen LogP contribution < -0.4 is 4.90 Å². The summed E-state index contributed by atoms with van der Waals surface area (Å²) in [4.78, 5) is 2.37. The number of anilines is 3. The summed E-state index contributed by atoms with van der Waals surface area (Å²) in [6.07, 6.45) is 4.02. The van der Waals surface area contributed by atoms with E-state index in [9.17, 15) is 0 Å². The number of para-hydroxylation sites is 1. The Morgan fingerprint density at radius 1 is 0.500 bits per heavy atom. The quantitative estimate of drug-likeness (QED) is 0.152. The van der Waals surface area contributed by atoms with Crippen molar-refractivity contribution in [3.63, 3.8) is 0 Å². The molecule has 0 spiro atoms. The van der Waals surface area contributed by atoms with Crippen LogP contribution in [0.5, 0.6) is 0 Å². The molecule has 1 heterocycles. The summed E-state index contributed by atoms with van der Waals surface area (Å²) < 4.78 is 2.36.